The summed E-state index contributed by atoms with van der Waals surface area (Å²) in [5.41, 5.74) is 2.14. The van der Waals surface area contributed by atoms with Gasteiger partial charge in [0.05, 0.1) is 11.6 Å². The molecule has 0 heterocycles. The van der Waals surface area contributed by atoms with Gasteiger partial charge in [-0.25, -0.2) is 0 Å². The van der Waals surface area contributed by atoms with Crippen LogP contribution in [-0.2, 0) is 6.42 Å². The van der Waals surface area contributed by atoms with Crippen molar-refractivity contribution in [2.45, 2.75) is 44.9 Å². The van der Waals surface area contributed by atoms with Crippen LogP contribution in [0, 0.1) is 17.2 Å². The van der Waals surface area contributed by atoms with Crippen LogP contribution in [0.4, 0.5) is 0 Å². The standard InChI is InChI=1S/C15H19N/c16-12-15-9-5-8-14(11-15)10-13-6-3-1-2-4-7-13/h5,8-9,11,13H,1-4,6-7,10H2. The second-order valence-corrected chi connectivity index (χ2v) is 4.87. The molecule has 0 saturated heterocycles. The van der Waals surface area contributed by atoms with Crippen molar-refractivity contribution in [2.75, 3.05) is 0 Å². The molecule has 1 saturated carbocycles. The van der Waals surface area contributed by atoms with E-state index in [2.05, 4.69) is 12.1 Å². The van der Waals surface area contributed by atoms with E-state index < -0.39 is 0 Å². The summed E-state index contributed by atoms with van der Waals surface area (Å²) < 4.78 is 0. The van der Waals surface area contributed by atoms with E-state index in [4.69, 9.17) is 5.26 Å². The summed E-state index contributed by atoms with van der Waals surface area (Å²) >= 11 is 0. The van der Waals surface area contributed by atoms with Gasteiger partial charge in [-0.1, -0.05) is 50.7 Å². The number of rotatable bonds is 2. The molecule has 1 aromatic rings. The van der Waals surface area contributed by atoms with Crippen LogP contribution in [0.5, 0.6) is 0 Å². The molecule has 16 heavy (non-hydrogen) atoms. The molecule has 1 aliphatic rings. The fraction of sp³-hybridized carbons (Fsp3) is 0.533. The first-order valence-corrected chi connectivity index (χ1v) is 6.37. The third kappa shape index (κ3) is 3.10. The highest BCUT2D eigenvalue weighted by Gasteiger charge is 2.12. The highest BCUT2D eigenvalue weighted by Crippen LogP contribution is 2.26. The minimum atomic E-state index is 0.797. The van der Waals surface area contributed by atoms with E-state index in [0.717, 1.165) is 17.9 Å². The topological polar surface area (TPSA) is 23.8 Å². The lowest BCUT2D eigenvalue weighted by atomic mass is 9.92. The second-order valence-electron chi connectivity index (χ2n) is 4.87. The molecule has 0 bridgehead atoms. The van der Waals surface area contributed by atoms with Crippen molar-refractivity contribution in [3.05, 3.63) is 35.4 Å². The van der Waals surface area contributed by atoms with Crippen molar-refractivity contribution in [1.29, 1.82) is 5.26 Å². The summed E-state index contributed by atoms with van der Waals surface area (Å²) in [7, 11) is 0. The number of nitrogens with zero attached hydrogens (tertiary/aromatic N) is 1. The van der Waals surface area contributed by atoms with Crippen LogP contribution in [-0.4, -0.2) is 0 Å². The third-order valence-electron chi connectivity index (χ3n) is 3.56. The van der Waals surface area contributed by atoms with E-state index in [1.54, 1.807) is 0 Å². The van der Waals surface area contributed by atoms with Crippen LogP contribution in [0.15, 0.2) is 24.3 Å². The molecule has 0 amide bonds. The Morgan fingerprint density at radius 1 is 1.12 bits per heavy atom. The van der Waals surface area contributed by atoms with Crippen LogP contribution in [0.1, 0.15) is 49.7 Å². The Kier molecular flexibility index (Phi) is 3.99. The summed E-state index contributed by atoms with van der Waals surface area (Å²) in [5, 5.41) is 8.86. The zero-order valence-corrected chi connectivity index (χ0v) is 9.78. The van der Waals surface area contributed by atoms with Gasteiger partial charge in [-0.2, -0.15) is 5.26 Å². The van der Waals surface area contributed by atoms with Gasteiger partial charge in [0, 0.05) is 0 Å². The van der Waals surface area contributed by atoms with E-state index >= 15 is 0 Å². The molecule has 0 aliphatic heterocycles. The second kappa shape index (κ2) is 5.70. The Morgan fingerprint density at radius 2 is 1.88 bits per heavy atom. The fourth-order valence-electron chi connectivity index (χ4n) is 2.67. The summed E-state index contributed by atoms with van der Waals surface area (Å²) in [5.74, 6) is 0.844. The van der Waals surface area contributed by atoms with Crippen LogP contribution in [0.3, 0.4) is 0 Å². The first-order chi connectivity index (χ1) is 7.88. The van der Waals surface area contributed by atoms with Gasteiger partial charge in [0.1, 0.15) is 0 Å². The molecule has 2 rings (SSSR count). The van der Waals surface area contributed by atoms with Crippen molar-refractivity contribution >= 4 is 0 Å². The Labute approximate surface area is 98.1 Å². The quantitative estimate of drug-likeness (QED) is 0.679. The monoisotopic (exact) mass is 213 g/mol. The summed E-state index contributed by atoms with van der Waals surface area (Å²) in [6.45, 7) is 0. The molecule has 0 atom stereocenters. The average molecular weight is 213 g/mol. The SMILES string of the molecule is N#Cc1cccc(CC2CCCCCC2)c1. The molecule has 0 N–H and O–H groups in total. The molecular formula is C15H19N. The Hall–Kier alpha value is -1.29. The van der Waals surface area contributed by atoms with Gasteiger partial charge in [-0.15, -0.1) is 0 Å². The maximum atomic E-state index is 8.86. The van der Waals surface area contributed by atoms with Crippen molar-refractivity contribution in [2.24, 2.45) is 5.92 Å². The van der Waals surface area contributed by atoms with Crippen LogP contribution in [0.2, 0.25) is 0 Å². The predicted molar refractivity (Wildman–Crippen MR) is 66.1 cm³/mol. The van der Waals surface area contributed by atoms with Gasteiger partial charge in [-0.3, -0.25) is 0 Å². The van der Waals surface area contributed by atoms with Crippen molar-refractivity contribution in [1.82, 2.24) is 0 Å². The van der Waals surface area contributed by atoms with Crippen LogP contribution >= 0.6 is 0 Å². The third-order valence-corrected chi connectivity index (χ3v) is 3.56. The average Bonchev–Trinajstić information content (AvgIpc) is 2.58. The molecule has 0 spiro atoms. The number of nitriles is 1. The summed E-state index contributed by atoms with van der Waals surface area (Å²) in [6, 6.07) is 10.3. The van der Waals surface area contributed by atoms with E-state index in [0.29, 0.717) is 0 Å². The molecule has 84 valence electrons. The maximum Gasteiger partial charge on any atom is 0.0991 e. The largest absolute Gasteiger partial charge is 0.192 e. The van der Waals surface area contributed by atoms with E-state index in [9.17, 15) is 0 Å². The van der Waals surface area contributed by atoms with Crippen molar-refractivity contribution in [3.8, 4) is 6.07 Å². The first kappa shape index (κ1) is 11.2. The lowest BCUT2D eigenvalue weighted by Crippen LogP contribution is -2.03. The highest BCUT2D eigenvalue weighted by molar-refractivity contribution is 5.32. The molecule has 1 nitrogen and oxygen atoms in total. The zero-order chi connectivity index (χ0) is 11.2. The first-order valence-electron chi connectivity index (χ1n) is 6.37. The minimum Gasteiger partial charge on any atom is -0.192 e. The molecule has 1 aliphatic carbocycles. The molecule has 1 fully saturated rings. The van der Waals surface area contributed by atoms with Gasteiger partial charge < -0.3 is 0 Å². The molecule has 1 heteroatoms. The van der Waals surface area contributed by atoms with Gasteiger partial charge in [0.15, 0.2) is 0 Å². The maximum absolute atomic E-state index is 8.86. The van der Waals surface area contributed by atoms with Gasteiger partial charge in [-0.05, 0) is 30.0 Å². The molecule has 0 radical (unpaired) electrons. The van der Waals surface area contributed by atoms with E-state index in [-0.39, 0.29) is 0 Å². The number of benzene rings is 1. The minimum absolute atomic E-state index is 0.797. The lowest BCUT2D eigenvalue weighted by Gasteiger charge is -2.13. The Morgan fingerprint density at radius 3 is 2.56 bits per heavy atom. The van der Waals surface area contributed by atoms with Gasteiger partial charge in [0.2, 0.25) is 0 Å². The molecule has 0 aromatic heterocycles. The smallest absolute Gasteiger partial charge is 0.0991 e. The summed E-state index contributed by atoms with van der Waals surface area (Å²) in [4.78, 5) is 0. The normalized spacial score (nSPS) is 17.7. The Bertz CT molecular complexity index is 367. The molecular weight excluding hydrogens is 194 g/mol. The lowest BCUT2D eigenvalue weighted by molar-refractivity contribution is 0.458. The van der Waals surface area contributed by atoms with Gasteiger partial charge in [0.25, 0.3) is 0 Å². The number of hydrogen-bond acceptors (Lipinski definition) is 1. The predicted octanol–water partition coefficient (Wildman–Crippen LogP) is 4.07. The molecule has 1 aromatic carbocycles. The Balaban J connectivity index is 1.99. The van der Waals surface area contributed by atoms with E-state index in [1.807, 2.05) is 18.2 Å². The highest BCUT2D eigenvalue weighted by atomic mass is 14.2. The van der Waals surface area contributed by atoms with Crippen LogP contribution < -0.4 is 0 Å². The van der Waals surface area contributed by atoms with Crippen molar-refractivity contribution in [3.63, 3.8) is 0 Å². The van der Waals surface area contributed by atoms with E-state index in [1.165, 1.54) is 44.1 Å². The van der Waals surface area contributed by atoms with Crippen LogP contribution in [0.25, 0.3) is 0 Å². The fourth-order valence-corrected chi connectivity index (χ4v) is 2.67. The summed E-state index contributed by atoms with van der Waals surface area (Å²) in [6.07, 6.45) is 9.51. The van der Waals surface area contributed by atoms with Crippen molar-refractivity contribution < 1.29 is 0 Å². The van der Waals surface area contributed by atoms with Gasteiger partial charge >= 0.3 is 0 Å². The molecule has 0 unspecified atom stereocenters. The number of hydrogen-bond donors (Lipinski definition) is 0. The zero-order valence-electron chi connectivity index (χ0n) is 9.78.